The Bertz CT molecular complexity index is 630. The first-order valence-corrected chi connectivity index (χ1v) is 10.7. The fraction of sp³-hybridized carbons (Fsp3) is 0.625. The summed E-state index contributed by atoms with van der Waals surface area (Å²) in [5.41, 5.74) is 2.12. The minimum Gasteiger partial charge on any atom is -0.497 e. The average molecular weight is 371 g/mol. The van der Waals surface area contributed by atoms with Crippen molar-refractivity contribution in [3.8, 4) is 5.75 Å². The molecule has 0 amide bonds. The van der Waals surface area contributed by atoms with E-state index in [4.69, 9.17) is 4.74 Å². The van der Waals surface area contributed by atoms with Crippen LogP contribution in [0.5, 0.6) is 5.75 Å². The molecule has 0 saturated heterocycles. The van der Waals surface area contributed by atoms with Crippen LogP contribution >= 0.6 is 0 Å². The van der Waals surface area contributed by atoms with Gasteiger partial charge in [0.1, 0.15) is 5.75 Å². The lowest BCUT2D eigenvalue weighted by Crippen LogP contribution is -2.27. The van der Waals surface area contributed by atoms with E-state index in [1.165, 1.54) is 44.1 Å². The van der Waals surface area contributed by atoms with Crippen LogP contribution in [0.3, 0.4) is 0 Å². The lowest BCUT2D eigenvalue weighted by molar-refractivity contribution is -0.133. The highest BCUT2D eigenvalue weighted by atomic mass is 16.5. The number of carboxylic acid groups (broad SMARTS) is 1. The van der Waals surface area contributed by atoms with E-state index >= 15 is 0 Å². The summed E-state index contributed by atoms with van der Waals surface area (Å²) in [6.45, 7) is 2.02. The molecule has 0 aliphatic heterocycles. The summed E-state index contributed by atoms with van der Waals surface area (Å²) in [5.74, 6) is 2.82. The minimum absolute atomic E-state index is 0.273. The largest absolute Gasteiger partial charge is 0.497 e. The number of carbonyl (C=O) groups is 1. The van der Waals surface area contributed by atoms with Gasteiger partial charge in [-0.25, -0.2) is 4.79 Å². The first-order valence-electron chi connectivity index (χ1n) is 10.7. The summed E-state index contributed by atoms with van der Waals surface area (Å²) in [6, 6.07) is 8.60. The second-order valence-electron chi connectivity index (χ2n) is 8.37. The van der Waals surface area contributed by atoms with Crippen LogP contribution < -0.4 is 4.74 Å². The fourth-order valence-corrected chi connectivity index (χ4v) is 5.35. The van der Waals surface area contributed by atoms with Crippen molar-refractivity contribution >= 4 is 5.97 Å². The van der Waals surface area contributed by atoms with Crippen molar-refractivity contribution in [2.75, 3.05) is 7.11 Å². The molecule has 2 aliphatic rings. The molecule has 148 valence electrons. The number of aliphatic carboxylic acids is 1. The van der Waals surface area contributed by atoms with Gasteiger partial charge in [-0.2, -0.15) is 0 Å². The quantitative estimate of drug-likeness (QED) is 0.607. The molecule has 0 atom stereocenters. The Morgan fingerprint density at radius 2 is 1.56 bits per heavy atom. The Hall–Kier alpha value is -1.77. The predicted octanol–water partition coefficient (Wildman–Crippen LogP) is 6.20. The molecule has 3 heteroatoms. The van der Waals surface area contributed by atoms with Crippen molar-refractivity contribution in [2.45, 2.75) is 70.6 Å². The maximum absolute atomic E-state index is 11.5. The maximum Gasteiger partial charge on any atom is 0.331 e. The maximum atomic E-state index is 11.5. The van der Waals surface area contributed by atoms with Gasteiger partial charge in [-0.05, 0) is 99.2 Å². The van der Waals surface area contributed by atoms with Crippen LogP contribution in [-0.4, -0.2) is 18.2 Å². The Kier molecular flexibility index (Phi) is 6.98. The van der Waals surface area contributed by atoms with E-state index in [0.717, 1.165) is 36.8 Å². The summed E-state index contributed by atoms with van der Waals surface area (Å²) >= 11 is 0. The Morgan fingerprint density at radius 3 is 2.04 bits per heavy atom. The lowest BCUT2D eigenvalue weighted by atomic mass is 9.67. The predicted molar refractivity (Wildman–Crippen MR) is 109 cm³/mol. The van der Waals surface area contributed by atoms with Crippen molar-refractivity contribution in [1.29, 1.82) is 0 Å². The molecular weight excluding hydrogens is 336 g/mol. The molecule has 3 rings (SSSR count). The number of hydrogen-bond donors (Lipinski definition) is 1. The van der Waals surface area contributed by atoms with Crippen LogP contribution in [0.25, 0.3) is 0 Å². The van der Waals surface area contributed by atoms with E-state index in [0.29, 0.717) is 11.5 Å². The molecular formula is C24H34O3. The van der Waals surface area contributed by atoms with Crippen LogP contribution in [0.2, 0.25) is 0 Å². The van der Waals surface area contributed by atoms with Crippen LogP contribution in [-0.2, 0) is 4.79 Å². The van der Waals surface area contributed by atoms with E-state index in [1.807, 2.05) is 13.0 Å². The molecule has 1 aromatic carbocycles. The number of carboxylic acids is 1. The second kappa shape index (κ2) is 9.43. The summed E-state index contributed by atoms with van der Waals surface area (Å²) < 4.78 is 5.27. The molecule has 0 heterocycles. The Morgan fingerprint density at radius 1 is 1.00 bits per heavy atom. The van der Waals surface area contributed by atoms with E-state index in [2.05, 4.69) is 24.3 Å². The highest BCUT2D eigenvalue weighted by Gasteiger charge is 2.33. The minimum atomic E-state index is -0.708. The van der Waals surface area contributed by atoms with Crippen LogP contribution in [0.4, 0.5) is 0 Å². The molecule has 27 heavy (non-hydrogen) atoms. The third-order valence-electron chi connectivity index (χ3n) is 6.91. The van der Waals surface area contributed by atoms with Gasteiger partial charge in [0.25, 0.3) is 0 Å². The number of hydrogen-bond acceptors (Lipinski definition) is 2. The molecule has 3 nitrogen and oxygen atoms in total. The van der Waals surface area contributed by atoms with E-state index in [9.17, 15) is 9.90 Å². The zero-order chi connectivity index (χ0) is 19.2. The molecule has 0 radical (unpaired) electrons. The zero-order valence-corrected chi connectivity index (χ0v) is 16.8. The molecule has 2 fully saturated rings. The number of allylic oxidation sites excluding steroid dienone is 1. The normalized spacial score (nSPS) is 29.3. The molecule has 0 aromatic heterocycles. The molecule has 0 unspecified atom stereocenters. The molecule has 2 aliphatic carbocycles. The summed E-state index contributed by atoms with van der Waals surface area (Å²) in [4.78, 5) is 11.5. The van der Waals surface area contributed by atoms with Gasteiger partial charge >= 0.3 is 5.97 Å². The Balaban J connectivity index is 1.49. The standard InChI is InChI=1S/C24H34O3/c1-3-4-23(24(25)26)21-11-9-19(10-12-21)17-5-7-18(8-6-17)20-13-15-22(27-2)16-14-20/h4,13-19,21H,3,5-12H2,1-2H3,(H,25,26). The number of rotatable bonds is 6. The number of ether oxygens (including phenoxy) is 1. The first-order chi connectivity index (χ1) is 13.1. The van der Waals surface area contributed by atoms with Gasteiger partial charge in [0.15, 0.2) is 0 Å². The summed E-state index contributed by atoms with van der Waals surface area (Å²) in [5, 5.41) is 9.47. The lowest BCUT2D eigenvalue weighted by Gasteiger charge is -2.38. The van der Waals surface area contributed by atoms with Crippen LogP contribution in [0.15, 0.2) is 35.9 Å². The first kappa shape index (κ1) is 20.0. The van der Waals surface area contributed by atoms with Crippen LogP contribution in [0, 0.1) is 17.8 Å². The SMILES string of the molecule is CCC=C(C(=O)O)C1CCC(C2CCC(c3ccc(OC)cc3)CC2)CC1. The highest BCUT2D eigenvalue weighted by molar-refractivity contribution is 5.87. The van der Waals surface area contributed by atoms with Crippen molar-refractivity contribution in [3.05, 3.63) is 41.5 Å². The summed E-state index contributed by atoms with van der Waals surface area (Å²) in [7, 11) is 1.71. The van der Waals surface area contributed by atoms with Gasteiger partial charge in [0, 0.05) is 5.57 Å². The van der Waals surface area contributed by atoms with Crippen LogP contribution in [0.1, 0.15) is 76.2 Å². The molecule has 0 bridgehead atoms. The molecule has 2 saturated carbocycles. The molecule has 0 spiro atoms. The topological polar surface area (TPSA) is 46.5 Å². The molecule has 1 N–H and O–H groups in total. The average Bonchev–Trinajstić information content (AvgIpc) is 2.72. The van der Waals surface area contributed by atoms with Crippen molar-refractivity contribution in [3.63, 3.8) is 0 Å². The van der Waals surface area contributed by atoms with Gasteiger partial charge in [-0.3, -0.25) is 0 Å². The van der Waals surface area contributed by atoms with Gasteiger partial charge in [-0.15, -0.1) is 0 Å². The van der Waals surface area contributed by atoms with Crippen molar-refractivity contribution < 1.29 is 14.6 Å². The van der Waals surface area contributed by atoms with Gasteiger partial charge < -0.3 is 9.84 Å². The van der Waals surface area contributed by atoms with E-state index < -0.39 is 5.97 Å². The highest BCUT2D eigenvalue weighted by Crippen LogP contribution is 2.45. The number of benzene rings is 1. The summed E-state index contributed by atoms with van der Waals surface area (Å²) in [6.07, 6.45) is 12.5. The third-order valence-corrected chi connectivity index (χ3v) is 6.91. The van der Waals surface area contributed by atoms with E-state index in [-0.39, 0.29) is 5.92 Å². The smallest absolute Gasteiger partial charge is 0.331 e. The van der Waals surface area contributed by atoms with Gasteiger partial charge in [-0.1, -0.05) is 25.1 Å². The van der Waals surface area contributed by atoms with Crippen molar-refractivity contribution in [2.24, 2.45) is 17.8 Å². The zero-order valence-electron chi connectivity index (χ0n) is 16.8. The Labute approximate surface area is 163 Å². The van der Waals surface area contributed by atoms with Gasteiger partial charge in [0.2, 0.25) is 0 Å². The van der Waals surface area contributed by atoms with Gasteiger partial charge in [0.05, 0.1) is 7.11 Å². The third kappa shape index (κ3) is 4.94. The van der Waals surface area contributed by atoms with Crippen molar-refractivity contribution in [1.82, 2.24) is 0 Å². The molecule has 1 aromatic rings. The monoisotopic (exact) mass is 370 g/mol. The van der Waals surface area contributed by atoms with E-state index in [1.54, 1.807) is 7.11 Å². The fourth-order valence-electron chi connectivity index (χ4n) is 5.35. The number of methoxy groups -OCH3 is 1. The second-order valence-corrected chi connectivity index (χ2v) is 8.37.